The van der Waals surface area contributed by atoms with Crippen molar-refractivity contribution in [1.29, 1.82) is 0 Å². The molecule has 2 saturated heterocycles. The van der Waals surface area contributed by atoms with Gasteiger partial charge in [0, 0.05) is 26.1 Å². The Morgan fingerprint density at radius 1 is 1.18 bits per heavy atom. The molecule has 3 aliphatic rings. The second-order valence-electron chi connectivity index (χ2n) is 8.51. The highest BCUT2D eigenvalue weighted by Gasteiger charge is 2.49. The molecule has 1 saturated carbocycles. The number of piperidine rings is 1. The molecule has 0 bridgehead atoms. The lowest BCUT2D eigenvalue weighted by Gasteiger charge is -2.36. The van der Waals surface area contributed by atoms with Gasteiger partial charge in [0.05, 0.1) is 24.2 Å². The van der Waals surface area contributed by atoms with Gasteiger partial charge in [-0.3, -0.25) is 4.79 Å². The standard InChI is InChI=1S/C21H33NO6/c1-13(2)4-6-18-19(28-18)16-12-15(5-7-17(16)26-3)27-21(25)22-10-8-14(9-11-22)20(23)24/h4,14-19H,5-12H2,1-3H3,(H,23,24)/t15-,16?,17?,18-,19?/m1/s1. The van der Waals surface area contributed by atoms with E-state index in [0.717, 1.165) is 25.7 Å². The molecule has 3 rings (SSSR count). The number of aliphatic carboxylic acids is 1. The minimum Gasteiger partial charge on any atom is -0.481 e. The maximum Gasteiger partial charge on any atom is 0.410 e. The van der Waals surface area contributed by atoms with Crippen molar-refractivity contribution in [2.75, 3.05) is 20.2 Å². The van der Waals surface area contributed by atoms with Crippen molar-refractivity contribution in [3.05, 3.63) is 11.6 Å². The molecule has 0 spiro atoms. The van der Waals surface area contributed by atoms with Crippen LogP contribution < -0.4 is 0 Å². The summed E-state index contributed by atoms with van der Waals surface area (Å²) in [6.07, 6.45) is 6.61. The lowest BCUT2D eigenvalue weighted by Crippen LogP contribution is -2.44. The summed E-state index contributed by atoms with van der Waals surface area (Å²) in [7, 11) is 1.74. The molecule has 1 amide bonds. The van der Waals surface area contributed by atoms with Crippen molar-refractivity contribution in [2.24, 2.45) is 11.8 Å². The van der Waals surface area contributed by atoms with Crippen molar-refractivity contribution in [3.8, 4) is 0 Å². The minimum absolute atomic E-state index is 0.130. The number of amides is 1. The lowest BCUT2D eigenvalue weighted by atomic mass is 9.81. The van der Waals surface area contributed by atoms with Crippen LogP contribution in [0, 0.1) is 11.8 Å². The van der Waals surface area contributed by atoms with Crippen LogP contribution in [-0.2, 0) is 19.0 Å². The van der Waals surface area contributed by atoms with Crippen LogP contribution in [0.4, 0.5) is 4.79 Å². The van der Waals surface area contributed by atoms with E-state index in [1.54, 1.807) is 12.0 Å². The quantitative estimate of drug-likeness (QED) is 0.549. The molecule has 0 aromatic heterocycles. The van der Waals surface area contributed by atoms with Crippen molar-refractivity contribution >= 4 is 12.1 Å². The van der Waals surface area contributed by atoms with Gasteiger partial charge in [-0.2, -0.15) is 0 Å². The number of hydrogen-bond donors (Lipinski definition) is 1. The maximum atomic E-state index is 12.5. The predicted octanol–water partition coefficient (Wildman–Crippen LogP) is 3.23. The summed E-state index contributed by atoms with van der Waals surface area (Å²) in [5.74, 6) is -0.888. The van der Waals surface area contributed by atoms with Gasteiger partial charge in [0.25, 0.3) is 0 Å². The molecule has 2 heterocycles. The fourth-order valence-electron chi connectivity index (χ4n) is 4.48. The molecule has 7 nitrogen and oxygen atoms in total. The molecular formula is C21H33NO6. The number of allylic oxidation sites excluding steroid dienone is 1. The Hall–Kier alpha value is -1.60. The Morgan fingerprint density at radius 3 is 2.50 bits per heavy atom. The summed E-state index contributed by atoms with van der Waals surface area (Å²) in [6.45, 7) is 5.07. The monoisotopic (exact) mass is 395 g/mol. The first-order chi connectivity index (χ1) is 13.4. The summed E-state index contributed by atoms with van der Waals surface area (Å²) in [5.41, 5.74) is 1.29. The van der Waals surface area contributed by atoms with Crippen LogP contribution in [-0.4, -0.2) is 66.7 Å². The molecule has 1 N–H and O–H groups in total. The average molecular weight is 395 g/mol. The zero-order valence-electron chi connectivity index (χ0n) is 17.1. The first-order valence-electron chi connectivity index (χ1n) is 10.4. The number of carbonyl (C=O) groups excluding carboxylic acids is 1. The van der Waals surface area contributed by atoms with E-state index in [-0.39, 0.29) is 42.3 Å². The second-order valence-corrected chi connectivity index (χ2v) is 8.51. The van der Waals surface area contributed by atoms with Gasteiger partial charge in [0.15, 0.2) is 0 Å². The van der Waals surface area contributed by atoms with E-state index >= 15 is 0 Å². The SMILES string of the molecule is COC1CC[C@@H](OC(=O)N2CCC(C(=O)O)CC2)CC1C1O[C@@H]1CC=C(C)C. The van der Waals surface area contributed by atoms with E-state index in [9.17, 15) is 9.59 Å². The maximum absolute atomic E-state index is 12.5. The van der Waals surface area contributed by atoms with Gasteiger partial charge < -0.3 is 24.2 Å². The van der Waals surface area contributed by atoms with E-state index in [1.165, 1.54) is 5.57 Å². The normalized spacial score (nSPS) is 33.2. The van der Waals surface area contributed by atoms with Gasteiger partial charge in [0.1, 0.15) is 6.10 Å². The Morgan fingerprint density at radius 2 is 1.89 bits per heavy atom. The van der Waals surface area contributed by atoms with Crippen molar-refractivity contribution in [1.82, 2.24) is 4.90 Å². The summed E-state index contributed by atoms with van der Waals surface area (Å²) in [5, 5.41) is 9.09. The van der Waals surface area contributed by atoms with Crippen molar-refractivity contribution in [3.63, 3.8) is 0 Å². The predicted molar refractivity (Wildman–Crippen MR) is 103 cm³/mol. The number of methoxy groups -OCH3 is 1. The third kappa shape index (κ3) is 5.26. The Balaban J connectivity index is 1.49. The van der Waals surface area contributed by atoms with Gasteiger partial charge in [-0.15, -0.1) is 0 Å². The summed E-state index contributed by atoms with van der Waals surface area (Å²) >= 11 is 0. The van der Waals surface area contributed by atoms with Crippen molar-refractivity contribution < 1.29 is 28.9 Å². The van der Waals surface area contributed by atoms with Crippen LogP contribution in [0.2, 0.25) is 0 Å². The molecule has 3 fully saturated rings. The first kappa shape index (κ1) is 21.1. The van der Waals surface area contributed by atoms with Crippen LogP contribution in [0.25, 0.3) is 0 Å². The smallest absolute Gasteiger partial charge is 0.410 e. The molecule has 0 radical (unpaired) electrons. The number of nitrogens with zero attached hydrogens (tertiary/aromatic N) is 1. The number of rotatable bonds is 6. The van der Waals surface area contributed by atoms with Gasteiger partial charge in [-0.05, 0) is 52.4 Å². The molecule has 5 atom stereocenters. The largest absolute Gasteiger partial charge is 0.481 e. The number of carboxylic acids is 1. The van der Waals surface area contributed by atoms with Gasteiger partial charge in [-0.25, -0.2) is 4.79 Å². The zero-order valence-corrected chi connectivity index (χ0v) is 17.1. The molecule has 158 valence electrons. The van der Waals surface area contributed by atoms with E-state index in [0.29, 0.717) is 25.9 Å². The number of epoxide rings is 1. The second kappa shape index (κ2) is 9.27. The lowest BCUT2D eigenvalue weighted by molar-refractivity contribution is -0.143. The van der Waals surface area contributed by atoms with Crippen LogP contribution >= 0.6 is 0 Å². The highest BCUT2D eigenvalue weighted by atomic mass is 16.6. The fraction of sp³-hybridized carbons (Fsp3) is 0.810. The highest BCUT2D eigenvalue weighted by Crippen LogP contribution is 2.42. The molecule has 0 aromatic rings. The average Bonchev–Trinajstić information content (AvgIpc) is 3.46. The minimum atomic E-state index is -0.777. The molecule has 0 aromatic carbocycles. The number of hydrogen-bond acceptors (Lipinski definition) is 5. The summed E-state index contributed by atoms with van der Waals surface area (Å²) in [4.78, 5) is 25.2. The topological polar surface area (TPSA) is 88.6 Å². The molecule has 28 heavy (non-hydrogen) atoms. The third-order valence-corrected chi connectivity index (χ3v) is 6.26. The van der Waals surface area contributed by atoms with Gasteiger partial charge in [0.2, 0.25) is 0 Å². The van der Waals surface area contributed by atoms with Crippen LogP contribution in [0.1, 0.15) is 52.4 Å². The Kier molecular flexibility index (Phi) is 6.99. The summed E-state index contributed by atoms with van der Waals surface area (Å²) in [6, 6.07) is 0. The van der Waals surface area contributed by atoms with Crippen LogP contribution in [0.15, 0.2) is 11.6 Å². The van der Waals surface area contributed by atoms with Crippen molar-refractivity contribution in [2.45, 2.75) is 76.8 Å². The van der Waals surface area contributed by atoms with E-state index in [1.807, 2.05) is 0 Å². The summed E-state index contributed by atoms with van der Waals surface area (Å²) < 4.78 is 17.4. The number of carboxylic acid groups (broad SMARTS) is 1. The van der Waals surface area contributed by atoms with Crippen LogP contribution in [0.3, 0.4) is 0 Å². The molecule has 7 heteroatoms. The first-order valence-corrected chi connectivity index (χ1v) is 10.4. The van der Waals surface area contributed by atoms with Crippen LogP contribution in [0.5, 0.6) is 0 Å². The number of likely N-dealkylation sites (tertiary alicyclic amines) is 1. The number of carbonyl (C=O) groups is 2. The van der Waals surface area contributed by atoms with E-state index in [2.05, 4.69) is 19.9 Å². The Bertz CT molecular complexity index is 594. The third-order valence-electron chi connectivity index (χ3n) is 6.26. The highest BCUT2D eigenvalue weighted by molar-refractivity contribution is 5.71. The van der Waals surface area contributed by atoms with E-state index in [4.69, 9.17) is 19.3 Å². The molecule has 2 aliphatic heterocycles. The fourth-order valence-corrected chi connectivity index (χ4v) is 4.48. The molecule has 3 unspecified atom stereocenters. The Labute approximate surface area is 167 Å². The van der Waals surface area contributed by atoms with E-state index < -0.39 is 5.97 Å². The zero-order chi connectivity index (χ0) is 20.3. The van der Waals surface area contributed by atoms with Gasteiger partial charge >= 0.3 is 12.1 Å². The van der Waals surface area contributed by atoms with Gasteiger partial charge in [-0.1, -0.05) is 11.6 Å². The molecule has 1 aliphatic carbocycles. The number of ether oxygens (including phenoxy) is 3. The molecular weight excluding hydrogens is 362 g/mol.